The van der Waals surface area contributed by atoms with Crippen molar-refractivity contribution in [3.8, 4) is 5.69 Å². The van der Waals surface area contributed by atoms with Crippen LogP contribution in [0, 0.1) is 13.8 Å². The van der Waals surface area contributed by atoms with E-state index in [1.165, 1.54) is 0 Å². The molecule has 1 aromatic carbocycles. The number of amides is 1. The Labute approximate surface area is 148 Å². The monoisotopic (exact) mass is 339 g/mol. The van der Waals surface area contributed by atoms with Crippen molar-refractivity contribution in [2.75, 3.05) is 13.2 Å². The quantitative estimate of drug-likeness (QED) is 0.864. The fourth-order valence-corrected chi connectivity index (χ4v) is 4.16. The highest BCUT2D eigenvalue weighted by Crippen LogP contribution is 2.30. The van der Waals surface area contributed by atoms with E-state index < -0.39 is 0 Å². The highest BCUT2D eigenvalue weighted by molar-refractivity contribution is 5.79. The summed E-state index contributed by atoms with van der Waals surface area (Å²) in [6.07, 6.45) is 4.04. The molecule has 1 aliphatic carbocycles. The third kappa shape index (κ3) is 3.21. The molecule has 4 rings (SSSR count). The first-order valence-corrected chi connectivity index (χ1v) is 9.15. The van der Waals surface area contributed by atoms with Gasteiger partial charge in [0.2, 0.25) is 5.91 Å². The van der Waals surface area contributed by atoms with Crippen LogP contribution in [-0.4, -0.2) is 45.9 Å². The maximum absolute atomic E-state index is 12.8. The SMILES string of the molecule is Cc1cc(C)n(-c2ccc(CC(=O)N3CCOC4CCCC43)cc2)n1. The van der Waals surface area contributed by atoms with Crippen molar-refractivity contribution in [1.82, 2.24) is 14.7 Å². The highest BCUT2D eigenvalue weighted by Gasteiger charge is 2.38. The minimum atomic E-state index is 0.221. The van der Waals surface area contributed by atoms with E-state index in [2.05, 4.69) is 16.1 Å². The summed E-state index contributed by atoms with van der Waals surface area (Å²) in [5.41, 5.74) is 4.21. The minimum Gasteiger partial charge on any atom is -0.374 e. The summed E-state index contributed by atoms with van der Waals surface area (Å²) in [6, 6.07) is 10.5. The van der Waals surface area contributed by atoms with E-state index >= 15 is 0 Å². The molecule has 1 aromatic heterocycles. The number of carbonyl (C=O) groups excluding carboxylic acids is 1. The van der Waals surface area contributed by atoms with Gasteiger partial charge in [-0.3, -0.25) is 4.79 Å². The average molecular weight is 339 g/mol. The average Bonchev–Trinajstić information content (AvgIpc) is 3.21. The van der Waals surface area contributed by atoms with Crippen LogP contribution in [0.5, 0.6) is 0 Å². The van der Waals surface area contributed by atoms with Gasteiger partial charge in [-0.2, -0.15) is 5.10 Å². The fraction of sp³-hybridized carbons (Fsp3) is 0.500. The number of fused-ring (bicyclic) bond motifs is 1. The third-order valence-corrected chi connectivity index (χ3v) is 5.35. The molecule has 2 unspecified atom stereocenters. The van der Waals surface area contributed by atoms with Crippen molar-refractivity contribution >= 4 is 5.91 Å². The van der Waals surface area contributed by atoms with E-state index in [-0.39, 0.29) is 18.1 Å². The Morgan fingerprint density at radius 1 is 1.24 bits per heavy atom. The molecule has 0 spiro atoms. The van der Waals surface area contributed by atoms with Crippen LogP contribution in [0.3, 0.4) is 0 Å². The van der Waals surface area contributed by atoms with Gasteiger partial charge in [-0.1, -0.05) is 12.1 Å². The molecule has 1 saturated heterocycles. The molecule has 1 aliphatic heterocycles. The molecule has 5 nitrogen and oxygen atoms in total. The van der Waals surface area contributed by atoms with E-state index in [0.29, 0.717) is 13.0 Å². The van der Waals surface area contributed by atoms with Crippen molar-refractivity contribution in [3.05, 3.63) is 47.3 Å². The number of aryl methyl sites for hydroxylation is 2. The Bertz CT molecular complexity index is 766. The van der Waals surface area contributed by atoms with Gasteiger partial charge in [0.25, 0.3) is 0 Å². The molecule has 132 valence electrons. The Kier molecular flexibility index (Phi) is 4.34. The molecule has 2 aromatic rings. The summed E-state index contributed by atoms with van der Waals surface area (Å²) in [5.74, 6) is 0.221. The number of rotatable bonds is 3. The third-order valence-electron chi connectivity index (χ3n) is 5.35. The number of nitrogens with zero attached hydrogens (tertiary/aromatic N) is 3. The summed E-state index contributed by atoms with van der Waals surface area (Å²) in [6.45, 7) is 5.44. The second-order valence-corrected chi connectivity index (χ2v) is 7.18. The van der Waals surface area contributed by atoms with Crippen LogP contribution in [0.25, 0.3) is 5.69 Å². The molecule has 2 heterocycles. The van der Waals surface area contributed by atoms with Gasteiger partial charge in [0.05, 0.1) is 36.6 Å². The van der Waals surface area contributed by atoms with Gasteiger partial charge >= 0.3 is 0 Å². The number of morpholine rings is 1. The Hall–Kier alpha value is -2.14. The van der Waals surface area contributed by atoms with Gasteiger partial charge in [-0.15, -0.1) is 0 Å². The fourth-order valence-electron chi connectivity index (χ4n) is 4.16. The molecular weight excluding hydrogens is 314 g/mol. The first-order chi connectivity index (χ1) is 12.1. The van der Waals surface area contributed by atoms with Crippen molar-refractivity contribution in [3.63, 3.8) is 0 Å². The molecule has 2 fully saturated rings. The van der Waals surface area contributed by atoms with E-state index in [1.54, 1.807) is 0 Å². The van der Waals surface area contributed by atoms with Crippen LogP contribution in [0.15, 0.2) is 30.3 Å². The Morgan fingerprint density at radius 2 is 2.04 bits per heavy atom. The van der Waals surface area contributed by atoms with Crippen molar-refractivity contribution in [2.24, 2.45) is 0 Å². The second kappa shape index (κ2) is 6.64. The predicted octanol–water partition coefficient (Wildman–Crippen LogP) is 2.81. The normalized spacial score (nSPS) is 22.9. The summed E-state index contributed by atoms with van der Waals surface area (Å²) in [7, 11) is 0. The van der Waals surface area contributed by atoms with Crippen LogP contribution in [0.4, 0.5) is 0 Å². The second-order valence-electron chi connectivity index (χ2n) is 7.18. The molecule has 0 radical (unpaired) electrons. The van der Waals surface area contributed by atoms with Crippen LogP contribution in [0.2, 0.25) is 0 Å². The van der Waals surface area contributed by atoms with E-state index in [0.717, 1.165) is 48.4 Å². The summed E-state index contributed by atoms with van der Waals surface area (Å²) in [5, 5.41) is 4.51. The van der Waals surface area contributed by atoms with Crippen LogP contribution < -0.4 is 0 Å². The van der Waals surface area contributed by atoms with Gasteiger partial charge in [0.1, 0.15) is 0 Å². The molecular formula is C20H25N3O2. The lowest BCUT2D eigenvalue weighted by Crippen LogP contribution is -2.51. The van der Waals surface area contributed by atoms with E-state index in [1.807, 2.05) is 42.8 Å². The van der Waals surface area contributed by atoms with Crippen molar-refractivity contribution in [2.45, 2.75) is 51.7 Å². The molecule has 2 atom stereocenters. The van der Waals surface area contributed by atoms with Crippen molar-refractivity contribution < 1.29 is 9.53 Å². The lowest BCUT2D eigenvalue weighted by molar-refractivity contribution is -0.143. The van der Waals surface area contributed by atoms with Gasteiger partial charge in [-0.25, -0.2) is 4.68 Å². The highest BCUT2D eigenvalue weighted by atomic mass is 16.5. The lowest BCUT2D eigenvalue weighted by Gasteiger charge is -2.37. The first kappa shape index (κ1) is 16.3. The van der Waals surface area contributed by atoms with Crippen LogP contribution >= 0.6 is 0 Å². The van der Waals surface area contributed by atoms with E-state index in [4.69, 9.17) is 4.74 Å². The number of benzene rings is 1. The minimum absolute atomic E-state index is 0.221. The van der Waals surface area contributed by atoms with E-state index in [9.17, 15) is 4.79 Å². The maximum atomic E-state index is 12.8. The number of ether oxygens (including phenoxy) is 1. The molecule has 2 aliphatic rings. The van der Waals surface area contributed by atoms with Crippen LogP contribution in [0.1, 0.15) is 36.2 Å². The molecule has 0 N–H and O–H groups in total. The summed E-state index contributed by atoms with van der Waals surface area (Å²) < 4.78 is 7.74. The van der Waals surface area contributed by atoms with Gasteiger partial charge in [-0.05, 0) is 56.9 Å². The smallest absolute Gasteiger partial charge is 0.227 e. The lowest BCUT2D eigenvalue weighted by atomic mass is 10.1. The van der Waals surface area contributed by atoms with Gasteiger partial charge in [0, 0.05) is 12.2 Å². The molecule has 1 amide bonds. The molecule has 5 heteroatoms. The van der Waals surface area contributed by atoms with Crippen LogP contribution in [-0.2, 0) is 16.0 Å². The standard InChI is InChI=1S/C20H25N3O2/c1-14-12-15(2)23(21-14)17-8-6-16(7-9-17)13-20(24)22-10-11-25-19-5-3-4-18(19)22/h6-9,12,18-19H,3-5,10-11,13H2,1-2H3. The van der Waals surface area contributed by atoms with Gasteiger partial charge in [0.15, 0.2) is 0 Å². The zero-order valence-corrected chi connectivity index (χ0v) is 14.9. The summed E-state index contributed by atoms with van der Waals surface area (Å²) in [4.78, 5) is 14.8. The molecule has 0 bridgehead atoms. The molecule has 1 saturated carbocycles. The Balaban J connectivity index is 1.46. The predicted molar refractivity (Wildman–Crippen MR) is 95.8 cm³/mol. The molecule has 25 heavy (non-hydrogen) atoms. The first-order valence-electron chi connectivity index (χ1n) is 9.15. The zero-order valence-electron chi connectivity index (χ0n) is 14.9. The van der Waals surface area contributed by atoms with Gasteiger partial charge < -0.3 is 9.64 Å². The number of hydrogen-bond donors (Lipinski definition) is 0. The topological polar surface area (TPSA) is 47.4 Å². The number of aromatic nitrogens is 2. The maximum Gasteiger partial charge on any atom is 0.227 e. The largest absolute Gasteiger partial charge is 0.374 e. The zero-order chi connectivity index (χ0) is 17.4. The number of carbonyl (C=O) groups is 1. The summed E-state index contributed by atoms with van der Waals surface area (Å²) >= 11 is 0. The Morgan fingerprint density at radius 3 is 2.76 bits per heavy atom. The number of hydrogen-bond acceptors (Lipinski definition) is 3. The van der Waals surface area contributed by atoms with Crippen molar-refractivity contribution in [1.29, 1.82) is 0 Å².